The maximum Gasteiger partial charge on any atom is 0.338 e. The Labute approximate surface area is 162 Å². The van der Waals surface area contributed by atoms with E-state index in [2.05, 4.69) is 4.99 Å². The van der Waals surface area contributed by atoms with E-state index in [4.69, 9.17) is 16.3 Å². The summed E-state index contributed by atoms with van der Waals surface area (Å²) < 4.78 is 5.44. The average Bonchev–Trinajstić information content (AvgIpc) is 2.89. The van der Waals surface area contributed by atoms with Crippen LogP contribution in [0.5, 0.6) is 0 Å². The molecule has 0 bridgehead atoms. The highest BCUT2D eigenvalue weighted by Crippen LogP contribution is 2.44. The molecule has 0 N–H and O–H groups in total. The average molecular weight is 393 g/mol. The molecule has 2 aliphatic rings. The molecule has 1 amide bonds. The number of esters is 1. The molecule has 0 spiro atoms. The Hall–Kier alpha value is -1.79. The number of aliphatic imine (C=N–C) groups is 1. The third kappa shape index (κ3) is 3.40. The van der Waals surface area contributed by atoms with Crippen LogP contribution in [-0.2, 0) is 14.3 Å². The van der Waals surface area contributed by atoms with E-state index in [9.17, 15) is 9.59 Å². The zero-order chi connectivity index (χ0) is 19.0. The summed E-state index contributed by atoms with van der Waals surface area (Å²) in [5.41, 5.74) is 1.79. The van der Waals surface area contributed by atoms with E-state index < -0.39 is 12.0 Å². The Morgan fingerprint density at radius 3 is 2.58 bits per heavy atom. The van der Waals surface area contributed by atoms with Gasteiger partial charge in [0.1, 0.15) is 0 Å². The lowest BCUT2D eigenvalue weighted by Crippen LogP contribution is -2.41. The van der Waals surface area contributed by atoms with Crippen molar-refractivity contribution in [3.8, 4) is 0 Å². The maximum absolute atomic E-state index is 12.9. The molecule has 3 rings (SSSR count). The van der Waals surface area contributed by atoms with Gasteiger partial charge in [-0.05, 0) is 44.9 Å². The number of rotatable bonds is 4. The number of amides is 1. The SMILES string of the molecule is CC[C@@H]1SC2=NC(C)=C(C(=O)OC(C)C)[C@H](c3ccc(Cl)cc3)N2C1=O. The Balaban J connectivity index is 2.12. The molecule has 0 radical (unpaired) electrons. The van der Waals surface area contributed by atoms with Gasteiger partial charge in [-0.1, -0.05) is 42.4 Å². The zero-order valence-corrected chi connectivity index (χ0v) is 16.7. The quantitative estimate of drug-likeness (QED) is 0.715. The van der Waals surface area contributed by atoms with Crippen LogP contribution in [-0.4, -0.2) is 33.3 Å². The predicted molar refractivity (Wildman–Crippen MR) is 104 cm³/mol. The third-order valence-corrected chi connectivity index (χ3v) is 5.84. The number of fused-ring (bicyclic) bond motifs is 1. The van der Waals surface area contributed by atoms with Gasteiger partial charge in [0.25, 0.3) is 0 Å². The second-order valence-electron chi connectivity index (χ2n) is 6.52. The molecule has 2 heterocycles. The second-order valence-corrected chi connectivity index (χ2v) is 8.13. The normalized spacial score (nSPS) is 22.6. The number of hydrogen-bond donors (Lipinski definition) is 0. The number of carbonyl (C=O) groups excluding carboxylic acids is 2. The summed E-state index contributed by atoms with van der Waals surface area (Å²) in [6, 6.07) is 6.64. The molecule has 138 valence electrons. The van der Waals surface area contributed by atoms with Crippen molar-refractivity contribution in [2.45, 2.75) is 51.5 Å². The molecular formula is C19H21ClN2O3S. The van der Waals surface area contributed by atoms with Crippen molar-refractivity contribution >= 4 is 40.4 Å². The first-order valence-electron chi connectivity index (χ1n) is 8.59. The van der Waals surface area contributed by atoms with Gasteiger partial charge in [0.15, 0.2) is 5.17 Å². The van der Waals surface area contributed by atoms with Crippen LogP contribution in [0.15, 0.2) is 40.5 Å². The van der Waals surface area contributed by atoms with Crippen LogP contribution in [0, 0.1) is 0 Å². The van der Waals surface area contributed by atoms with E-state index in [1.165, 1.54) is 11.8 Å². The molecule has 7 heteroatoms. The highest BCUT2D eigenvalue weighted by molar-refractivity contribution is 8.15. The number of ether oxygens (including phenoxy) is 1. The number of allylic oxidation sites excluding steroid dienone is 1. The number of carbonyl (C=O) groups is 2. The van der Waals surface area contributed by atoms with Crippen LogP contribution in [0.3, 0.4) is 0 Å². The third-order valence-electron chi connectivity index (χ3n) is 4.27. The van der Waals surface area contributed by atoms with Crippen molar-refractivity contribution in [2.75, 3.05) is 0 Å². The first-order chi connectivity index (χ1) is 12.3. The van der Waals surface area contributed by atoms with E-state index in [1.54, 1.807) is 37.8 Å². The number of hydrogen-bond acceptors (Lipinski definition) is 5. The van der Waals surface area contributed by atoms with Gasteiger partial charge in [0, 0.05) is 5.02 Å². The Morgan fingerprint density at radius 2 is 2.00 bits per heavy atom. The summed E-state index contributed by atoms with van der Waals surface area (Å²) in [6.45, 7) is 7.35. The number of benzene rings is 1. The topological polar surface area (TPSA) is 59.0 Å². The van der Waals surface area contributed by atoms with Crippen molar-refractivity contribution in [3.63, 3.8) is 0 Å². The molecule has 2 atom stereocenters. The molecule has 0 aromatic heterocycles. The van der Waals surface area contributed by atoms with Crippen molar-refractivity contribution in [1.82, 2.24) is 4.90 Å². The largest absolute Gasteiger partial charge is 0.459 e. The van der Waals surface area contributed by atoms with Crippen molar-refractivity contribution in [1.29, 1.82) is 0 Å². The number of nitrogens with zero attached hydrogens (tertiary/aromatic N) is 2. The first-order valence-corrected chi connectivity index (χ1v) is 9.84. The monoisotopic (exact) mass is 392 g/mol. The maximum atomic E-state index is 12.9. The molecule has 1 aromatic rings. The zero-order valence-electron chi connectivity index (χ0n) is 15.2. The van der Waals surface area contributed by atoms with Gasteiger partial charge in [0.05, 0.1) is 28.7 Å². The molecule has 26 heavy (non-hydrogen) atoms. The van der Waals surface area contributed by atoms with Crippen LogP contribution in [0.25, 0.3) is 0 Å². The van der Waals surface area contributed by atoms with Gasteiger partial charge in [-0.2, -0.15) is 0 Å². The Kier molecular flexibility index (Phi) is 5.44. The molecule has 1 saturated heterocycles. The molecule has 5 nitrogen and oxygen atoms in total. The second kappa shape index (κ2) is 7.45. The Morgan fingerprint density at radius 1 is 1.35 bits per heavy atom. The lowest BCUT2D eigenvalue weighted by Gasteiger charge is -2.33. The predicted octanol–water partition coefficient (Wildman–Crippen LogP) is 4.33. The molecule has 0 aliphatic carbocycles. The summed E-state index contributed by atoms with van der Waals surface area (Å²) >= 11 is 7.47. The van der Waals surface area contributed by atoms with Crippen LogP contribution in [0.1, 0.15) is 45.7 Å². The van der Waals surface area contributed by atoms with E-state index >= 15 is 0 Å². The summed E-state index contributed by atoms with van der Waals surface area (Å²) in [5.74, 6) is -0.475. The van der Waals surface area contributed by atoms with Crippen LogP contribution >= 0.6 is 23.4 Å². The van der Waals surface area contributed by atoms with Gasteiger partial charge in [0.2, 0.25) is 5.91 Å². The van der Waals surface area contributed by atoms with Crippen molar-refractivity contribution < 1.29 is 14.3 Å². The fourth-order valence-corrected chi connectivity index (χ4v) is 4.35. The lowest BCUT2D eigenvalue weighted by atomic mass is 9.94. The molecular weight excluding hydrogens is 372 g/mol. The van der Waals surface area contributed by atoms with E-state index in [-0.39, 0.29) is 17.3 Å². The van der Waals surface area contributed by atoms with Gasteiger partial charge in [-0.3, -0.25) is 9.69 Å². The number of thioether (sulfide) groups is 1. The van der Waals surface area contributed by atoms with Gasteiger partial charge in [-0.25, -0.2) is 9.79 Å². The summed E-state index contributed by atoms with van der Waals surface area (Å²) in [6.07, 6.45) is 0.447. The minimum absolute atomic E-state index is 0.0291. The van der Waals surface area contributed by atoms with E-state index in [1.807, 2.05) is 19.1 Å². The highest BCUT2D eigenvalue weighted by Gasteiger charge is 2.47. The Bertz CT molecular complexity index is 802. The fourth-order valence-electron chi connectivity index (χ4n) is 3.09. The van der Waals surface area contributed by atoms with Crippen LogP contribution in [0.4, 0.5) is 0 Å². The smallest absolute Gasteiger partial charge is 0.338 e. The van der Waals surface area contributed by atoms with Crippen LogP contribution in [0.2, 0.25) is 5.02 Å². The van der Waals surface area contributed by atoms with E-state index in [0.29, 0.717) is 27.9 Å². The highest BCUT2D eigenvalue weighted by atomic mass is 35.5. The van der Waals surface area contributed by atoms with Crippen molar-refractivity contribution in [2.24, 2.45) is 4.99 Å². The number of amidine groups is 1. The molecule has 2 aliphatic heterocycles. The summed E-state index contributed by atoms with van der Waals surface area (Å²) in [4.78, 5) is 31.9. The lowest BCUT2D eigenvalue weighted by molar-refractivity contribution is -0.143. The van der Waals surface area contributed by atoms with Gasteiger partial charge >= 0.3 is 5.97 Å². The minimum atomic E-state index is -0.553. The molecule has 0 unspecified atom stereocenters. The van der Waals surface area contributed by atoms with Crippen molar-refractivity contribution in [3.05, 3.63) is 46.1 Å². The fraction of sp³-hybridized carbons (Fsp3) is 0.421. The minimum Gasteiger partial charge on any atom is -0.459 e. The summed E-state index contributed by atoms with van der Waals surface area (Å²) in [5, 5.41) is 1.05. The van der Waals surface area contributed by atoms with E-state index in [0.717, 1.165) is 5.56 Å². The summed E-state index contributed by atoms with van der Waals surface area (Å²) in [7, 11) is 0. The first kappa shape index (κ1) is 19.0. The standard InChI is InChI=1S/C19H21ClN2O3S/c1-5-14-17(23)22-16(12-6-8-13(20)9-7-12)15(18(24)25-10(2)3)11(4)21-19(22)26-14/h6-10,14,16H,5H2,1-4H3/t14-,16-/m0/s1. The molecule has 1 fully saturated rings. The van der Waals surface area contributed by atoms with Crippen LogP contribution < -0.4 is 0 Å². The van der Waals surface area contributed by atoms with Gasteiger partial charge in [-0.15, -0.1) is 0 Å². The van der Waals surface area contributed by atoms with Gasteiger partial charge < -0.3 is 4.74 Å². The number of halogens is 1. The molecule has 0 saturated carbocycles. The molecule has 1 aromatic carbocycles.